The highest BCUT2D eigenvalue weighted by molar-refractivity contribution is 5.30. The largest absolute Gasteiger partial charge is 0.493 e. The van der Waals surface area contributed by atoms with E-state index in [9.17, 15) is 9.50 Å². The number of rotatable bonds is 8. The number of nitrogens with one attached hydrogen (secondary N) is 1. The third kappa shape index (κ3) is 5.88. The van der Waals surface area contributed by atoms with Gasteiger partial charge in [-0.15, -0.1) is 0 Å². The molecular weight excluding hydrogens is 257 g/mol. The minimum Gasteiger partial charge on any atom is -0.493 e. The fourth-order valence-corrected chi connectivity index (χ4v) is 1.84. The Hall–Kier alpha value is -1.13. The van der Waals surface area contributed by atoms with Gasteiger partial charge in [-0.25, -0.2) is 4.39 Å². The summed E-state index contributed by atoms with van der Waals surface area (Å²) in [5.74, 6) is 0.236. The van der Waals surface area contributed by atoms with Gasteiger partial charge in [-0.2, -0.15) is 0 Å². The minimum atomic E-state index is -0.767. The number of benzene rings is 1. The topological polar surface area (TPSA) is 41.5 Å². The molecule has 0 fully saturated rings. The lowest BCUT2D eigenvalue weighted by atomic mass is 10.1. The van der Waals surface area contributed by atoms with E-state index in [0.717, 1.165) is 13.0 Å². The van der Waals surface area contributed by atoms with Crippen molar-refractivity contribution in [3.63, 3.8) is 0 Å². The lowest BCUT2D eigenvalue weighted by molar-refractivity contribution is 0.0553. The maximum Gasteiger partial charge on any atom is 0.131 e. The fourth-order valence-electron chi connectivity index (χ4n) is 1.84. The van der Waals surface area contributed by atoms with Crippen LogP contribution in [0.1, 0.15) is 52.1 Å². The van der Waals surface area contributed by atoms with E-state index in [4.69, 9.17) is 4.74 Å². The van der Waals surface area contributed by atoms with Crippen LogP contribution in [0.2, 0.25) is 0 Å². The van der Waals surface area contributed by atoms with Crippen LogP contribution in [0.4, 0.5) is 4.39 Å². The normalized spacial score (nSPS) is 13.3. The van der Waals surface area contributed by atoms with Crippen molar-refractivity contribution >= 4 is 0 Å². The molecule has 0 saturated carbocycles. The summed E-state index contributed by atoms with van der Waals surface area (Å²) in [6, 6.07) is 4.92. The van der Waals surface area contributed by atoms with Gasteiger partial charge in [0.2, 0.25) is 0 Å². The van der Waals surface area contributed by atoms with Crippen molar-refractivity contribution in [2.24, 2.45) is 0 Å². The van der Waals surface area contributed by atoms with E-state index < -0.39 is 5.60 Å². The summed E-state index contributed by atoms with van der Waals surface area (Å²) in [4.78, 5) is 0. The molecule has 0 amide bonds. The van der Waals surface area contributed by atoms with Crippen LogP contribution in [-0.4, -0.2) is 23.9 Å². The van der Waals surface area contributed by atoms with Crippen LogP contribution in [0.5, 0.6) is 5.75 Å². The lowest BCUT2D eigenvalue weighted by Gasteiger charge is -2.18. The molecule has 0 spiro atoms. The Morgan fingerprint density at radius 3 is 2.65 bits per heavy atom. The fraction of sp³-hybridized carbons (Fsp3) is 0.625. The van der Waals surface area contributed by atoms with Crippen LogP contribution in [0.3, 0.4) is 0 Å². The molecule has 1 unspecified atom stereocenters. The van der Waals surface area contributed by atoms with E-state index in [1.54, 1.807) is 26.0 Å². The molecule has 2 N–H and O–H groups in total. The molecule has 4 heteroatoms. The molecule has 1 rings (SSSR count). The van der Waals surface area contributed by atoms with Gasteiger partial charge in [0, 0.05) is 24.1 Å². The molecule has 0 aliphatic rings. The molecular formula is C16H26FNO2. The first-order valence-electron chi connectivity index (χ1n) is 7.21. The zero-order valence-corrected chi connectivity index (χ0v) is 12.9. The van der Waals surface area contributed by atoms with Crippen molar-refractivity contribution in [1.29, 1.82) is 0 Å². The van der Waals surface area contributed by atoms with E-state index in [0.29, 0.717) is 24.3 Å². The Kier molecular flexibility index (Phi) is 6.43. The summed E-state index contributed by atoms with van der Waals surface area (Å²) in [5, 5.41) is 12.8. The van der Waals surface area contributed by atoms with E-state index >= 15 is 0 Å². The van der Waals surface area contributed by atoms with E-state index in [-0.39, 0.29) is 11.9 Å². The molecule has 0 aliphatic carbocycles. The van der Waals surface area contributed by atoms with Gasteiger partial charge in [-0.05, 0) is 39.8 Å². The first-order chi connectivity index (χ1) is 9.33. The standard InChI is InChI=1S/C16H26FNO2/c1-5-9-18-12(2)14-7-6-13(11-15(14)17)20-10-8-16(3,4)19/h6-7,11-12,18-19H,5,8-10H2,1-4H3. The molecule has 1 aromatic rings. The van der Waals surface area contributed by atoms with Gasteiger partial charge >= 0.3 is 0 Å². The molecule has 1 atom stereocenters. The van der Waals surface area contributed by atoms with Gasteiger partial charge in [0.15, 0.2) is 0 Å². The number of hydrogen-bond donors (Lipinski definition) is 2. The zero-order chi connectivity index (χ0) is 15.2. The molecule has 114 valence electrons. The number of halogens is 1. The maximum absolute atomic E-state index is 14.0. The predicted octanol–water partition coefficient (Wildman–Crippen LogP) is 3.43. The Balaban J connectivity index is 2.59. The van der Waals surface area contributed by atoms with Crippen LogP contribution < -0.4 is 10.1 Å². The molecule has 1 aromatic carbocycles. The van der Waals surface area contributed by atoms with E-state index in [2.05, 4.69) is 12.2 Å². The minimum absolute atomic E-state index is 0.0135. The van der Waals surface area contributed by atoms with Crippen molar-refractivity contribution in [2.45, 2.75) is 52.2 Å². The van der Waals surface area contributed by atoms with Gasteiger partial charge in [0.05, 0.1) is 12.2 Å². The third-order valence-corrected chi connectivity index (χ3v) is 3.12. The smallest absolute Gasteiger partial charge is 0.131 e. The van der Waals surface area contributed by atoms with Crippen LogP contribution in [0.15, 0.2) is 18.2 Å². The highest BCUT2D eigenvalue weighted by atomic mass is 19.1. The van der Waals surface area contributed by atoms with Gasteiger partial charge in [-0.1, -0.05) is 13.0 Å². The Morgan fingerprint density at radius 1 is 1.40 bits per heavy atom. The lowest BCUT2D eigenvalue weighted by Crippen LogP contribution is -2.22. The van der Waals surface area contributed by atoms with Gasteiger partial charge in [0.1, 0.15) is 11.6 Å². The average Bonchev–Trinajstić information content (AvgIpc) is 2.34. The average molecular weight is 283 g/mol. The van der Waals surface area contributed by atoms with Gasteiger partial charge in [-0.3, -0.25) is 0 Å². The van der Waals surface area contributed by atoms with Crippen LogP contribution >= 0.6 is 0 Å². The van der Waals surface area contributed by atoms with E-state index in [1.807, 2.05) is 6.92 Å². The SMILES string of the molecule is CCCNC(C)c1ccc(OCCC(C)(C)O)cc1F. The Morgan fingerprint density at radius 2 is 2.10 bits per heavy atom. The summed E-state index contributed by atoms with van der Waals surface area (Å²) in [7, 11) is 0. The Bertz CT molecular complexity index is 415. The van der Waals surface area contributed by atoms with Crippen molar-refractivity contribution in [1.82, 2.24) is 5.32 Å². The van der Waals surface area contributed by atoms with Crippen LogP contribution in [0, 0.1) is 5.82 Å². The molecule has 20 heavy (non-hydrogen) atoms. The quantitative estimate of drug-likeness (QED) is 0.768. The highest BCUT2D eigenvalue weighted by Gasteiger charge is 2.14. The second-order valence-corrected chi connectivity index (χ2v) is 5.77. The van der Waals surface area contributed by atoms with Crippen molar-refractivity contribution in [3.05, 3.63) is 29.6 Å². The number of ether oxygens (including phenoxy) is 1. The molecule has 0 aliphatic heterocycles. The summed E-state index contributed by atoms with van der Waals surface area (Å²) in [6.07, 6.45) is 1.52. The second-order valence-electron chi connectivity index (χ2n) is 5.77. The monoisotopic (exact) mass is 283 g/mol. The molecule has 0 saturated heterocycles. The second kappa shape index (κ2) is 7.60. The molecule has 0 heterocycles. The van der Waals surface area contributed by atoms with Crippen molar-refractivity contribution in [3.8, 4) is 5.75 Å². The summed E-state index contributed by atoms with van der Waals surface area (Å²) >= 11 is 0. The number of hydrogen-bond acceptors (Lipinski definition) is 3. The first-order valence-corrected chi connectivity index (χ1v) is 7.21. The first kappa shape index (κ1) is 16.9. The zero-order valence-electron chi connectivity index (χ0n) is 12.9. The van der Waals surface area contributed by atoms with E-state index in [1.165, 1.54) is 6.07 Å². The van der Waals surface area contributed by atoms with Crippen molar-refractivity contribution in [2.75, 3.05) is 13.2 Å². The number of aliphatic hydroxyl groups is 1. The highest BCUT2D eigenvalue weighted by Crippen LogP contribution is 2.22. The van der Waals surface area contributed by atoms with Gasteiger partial charge < -0.3 is 15.2 Å². The summed E-state index contributed by atoms with van der Waals surface area (Å²) in [6.45, 7) is 8.71. The molecule has 3 nitrogen and oxygen atoms in total. The third-order valence-electron chi connectivity index (χ3n) is 3.12. The Labute approximate surface area is 121 Å². The van der Waals surface area contributed by atoms with Crippen LogP contribution in [0.25, 0.3) is 0 Å². The summed E-state index contributed by atoms with van der Waals surface area (Å²) < 4.78 is 19.5. The predicted molar refractivity (Wildman–Crippen MR) is 79.5 cm³/mol. The van der Waals surface area contributed by atoms with Crippen molar-refractivity contribution < 1.29 is 14.2 Å². The molecule has 0 aromatic heterocycles. The molecule has 0 bridgehead atoms. The van der Waals surface area contributed by atoms with Crippen LogP contribution in [-0.2, 0) is 0 Å². The molecule has 0 radical (unpaired) electrons. The summed E-state index contributed by atoms with van der Waals surface area (Å²) in [5.41, 5.74) is -0.120. The van der Waals surface area contributed by atoms with Gasteiger partial charge in [0.25, 0.3) is 0 Å². The maximum atomic E-state index is 14.0.